The summed E-state index contributed by atoms with van der Waals surface area (Å²) in [5, 5.41) is 19.3. The predicted molar refractivity (Wildman–Crippen MR) is 149 cm³/mol. The molecule has 3 aliphatic heterocycles. The zero-order chi connectivity index (χ0) is 30.1. The minimum absolute atomic E-state index is 0.0171. The molecule has 1 aliphatic carbocycles. The van der Waals surface area contributed by atoms with Crippen molar-refractivity contribution < 1.29 is 33.8 Å². The SMILES string of the molecule is C=CC1C[C@]1(NC(=O)[C@@H]1C[C@@H]2CN1C(=O)[C@H](C(C)(C)C)NC(=O)OC/C=C/CCOc1cnn2c(=O)c1Br)C(=O)O. The Hall–Kier alpha value is -3.68. The van der Waals surface area contributed by atoms with Gasteiger partial charge in [-0.3, -0.25) is 14.4 Å². The number of carbonyl (C=O) groups excluding carboxylic acids is 3. The van der Waals surface area contributed by atoms with Gasteiger partial charge in [0.1, 0.15) is 28.7 Å². The Labute approximate surface area is 245 Å². The van der Waals surface area contributed by atoms with Gasteiger partial charge in [-0.05, 0) is 34.2 Å². The molecule has 222 valence electrons. The third-order valence-corrected chi connectivity index (χ3v) is 8.27. The van der Waals surface area contributed by atoms with Gasteiger partial charge in [0.15, 0.2) is 5.75 Å². The fraction of sp³-hybridized carbons (Fsp3) is 0.556. The average molecular weight is 637 g/mol. The number of hydrogen-bond acceptors (Lipinski definition) is 8. The number of aliphatic carboxylic acids is 1. The first-order valence-corrected chi connectivity index (χ1v) is 14.1. The van der Waals surface area contributed by atoms with Crippen molar-refractivity contribution in [2.24, 2.45) is 11.3 Å². The van der Waals surface area contributed by atoms with Crippen molar-refractivity contribution in [1.82, 2.24) is 25.3 Å². The zero-order valence-electron chi connectivity index (χ0n) is 23.1. The van der Waals surface area contributed by atoms with Gasteiger partial charge in [-0.1, -0.05) is 39.0 Å². The molecule has 3 amide bonds. The van der Waals surface area contributed by atoms with Crippen LogP contribution in [0.4, 0.5) is 4.79 Å². The van der Waals surface area contributed by atoms with E-state index in [9.17, 15) is 29.1 Å². The molecule has 5 atom stereocenters. The Morgan fingerprint density at radius 3 is 2.63 bits per heavy atom. The number of amides is 3. The molecule has 1 aromatic rings. The van der Waals surface area contributed by atoms with Crippen LogP contribution in [0.2, 0.25) is 0 Å². The van der Waals surface area contributed by atoms with Crippen LogP contribution < -0.4 is 20.9 Å². The van der Waals surface area contributed by atoms with Crippen LogP contribution in [0.3, 0.4) is 0 Å². The van der Waals surface area contributed by atoms with Crippen molar-refractivity contribution in [3.63, 3.8) is 0 Å². The number of carbonyl (C=O) groups is 4. The molecular formula is C27H34BrN5O8. The summed E-state index contributed by atoms with van der Waals surface area (Å²) in [6.45, 7) is 9.01. The Morgan fingerprint density at radius 2 is 2.00 bits per heavy atom. The smallest absolute Gasteiger partial charge is 0.408 e. The average Bonchev–Trinajstić information content (AvgIpc) is 3.45. The molecule has 5 rings (SSSR count). The summed E-state index contributed by atoms with van der Waals surface area (Å²) in [5.74, 6) is -2.71. The fourth-order valence-electron chi connectivity index (χ4n) is 5.11. The maximum Gasteiger partial charge on any atom is 0.408 e. The molecule has 1 saturated carbocycles. The second-order valence-corrected chi connectivity index (χ2v) is 12.2. The summed E-state index contributed by atoms with van der Waals surface area (Å²) in [5.41, 5.74) is -2.83. The van der Waals surface area contributed by atoms with E-state index in [2.05, 4.69) is 38.2 Å². The van der Waals surface area contributed by atoms with Crippen molar-refractivity contribution in [3.8, 4) is 5.75 Å². The maximum absolute atomic E-state index is 14.0. The van der Waals surface area contributed by atoms with Crippen molar-refractivity contribution >= 4 is 39.8 Å². The quantitative estimate of drug-likeness (QED) is 0.417. The molecule has 4 bridgehead atoms. The highest BCUT2D eigenvalue weighted by Crippen LogP contribution is 2.45. The van der Waals surface area contributed by atoms with Crippen LogP contribution in [0.15, 0.2) is 40.3 Å². The number of halogens is 1. The van der Waals surface area contributed by atoms with E-state index in [1.807, 2.05) is 0 Å². The summed E-state index contributed by atoms with van der Waals surface area (Å²) in [6.07, 6.45) is 6.05. The van der Waals surface area contributed by atoms with Crippen LogP contribution in [0.25, 0.3) is 0 Å². The first kappa shape index (κ1) is 30.3. The lowest BCUT2D eigenvalue weighted by atomic mass is 9.85. The van der Waals surface area contributed by atoms with Crippen molar-refractivity contribution in [3.05, 3.63) is 45.8 Å². The number of alkyl carbamates (subject to hydrolysis) is 1. The molecule has 4 heterocycles. The topological polar surface area (TPSA) is 169 Å². The van der Waals surface area contributed by atoms with Crippen LogP contribution in [-0.4, -0.2) is 81.0 Å². The molecule has 0 spiro atoms. The van der Waals surface area contributed by atoms with E-state index >= 15 is 0 Å². The van der Waals surface area contributed by atoms with Crippen LogP contribution in [0.5, 0.6) is 5.75 Å². The molecule has 4 aliphatic rings. The molecule has 2 fully saturated rings. The number of nitrogens with zero attached hydrogens (tertiary/aromatic N) is 3. The van der Waals surface area contributed by atoms with E-state index in [4.69, 9.17) is 9.47 Å². The number of ether oxygens (including phenoxy) is 2. The van der Waals surface area contributed by atoms with Crippen molar-refractivity contribution in [1.29, 1.82) is 0 Å². The lowest BCUT2D eigenvalue weighted by Crippen LogP contribution is -2.59. The molecule has 41 heavy (non-hydrogen) atoms. The van der Waals surface area contributed by atoms with Gasteiger partial charge < -0.3 is 30.1 Å². The lowest BCUT2D eigenvalue weighted by molar-refractivity contribution is -0.146. The highest BCUT2D eigenvalue weighted by atomic mass is 79.9. The van der Waals surface area contributed by atoms with E-state index in [0.717, 1.165) is 0 Å². The number of fused-ring (bicyclic) bond motifs is 11. The van der Waals surface area contributed by atoms with Gasteiger partial charge in [0.2, 0.25) is 11.8 Å². The van der Waals surface area contributed by atoms with Crippen LogP contribution in [0.1, 0.15) is 46.1 Å². The minimum atomic E-state index is -1.52. The number of nitrogens with one attached hydrogen (secondary N) is 2. The van der Waals surface area contributed by atoms with Crippen molar-refractivity contribution in [2.75, 3.05) is 19.8 Å². The van der Waals surface area contributed by atoms with Gasteiger partial charge in [0, 0.05) is 18.9 Å². The van der Waals surface area contributed by atoms with E-state index in [0.29, 0.717) is 6.42 Å². The standard InChI is InChI=1S/C27H34BrN5O8/c1-5-15-12-27(15,24(37)38)31-21(34)17-11-16-14-32(17)23(36)20(26(2,3)4)30-25(39)41-10-8-6-7-9-40-18-13-29-33(16)22(35)19(18)28/h5-6,8,13,15-17,20H,1,7,9-12,14H2,2-4H3,(H,30,39)(H,31,34)(H,37,38)/b8-6+/t15?,16-,17+,20-,27-/m1/s1. The molecule has 3 N–H and O–H groups in total. The minimum Gasteiger partial charge on any atom is -0.490 e. The second kappa shape index (κ2) is 11.7. The van der Waals surface area contributed by atoms with Gasteiger partial charge in [-0.15, -0.1) is 6.58 Å². The van der Waals surface area contributed by atoms with Crippen molar-refractivity contribution in [2.45, 2.75) is 63.7 Å². The highest BCUT2D eigenvalue weighted by Gasteiger charge is 2.61. The van der Waals surface area contributed by atoms with Gasteiger partial charge in [0.25, 0.3) is 5.56 Å². The molecule has 0 aromatic carbocycles. The maximum atomic E-state index is 14.0. The normalized spacial score (nSPS) is 29.3. The molecule has 14 heteroatoms. The van der Waals surface area contributed by atoms with Crippen LogP contribution in [-0.2, 0) is 19.1 Å². The van der Waals surface area contributed by atoms with E-state index in [1.54, 1.807) is 32.9 Å². The molecule has 1 saturated heterocycles. The Morgan fingerprint density at radius 1 is 1.27 bits per heavy atom. The largest absolute Gasteiger partial charge is 0.490 e. The summed E-state index contributed by atoms with van der Waals surface area (Å²) < 4.78 is 12.2. The number of rotatable bonds is 4. The molecular weight excluding hydrogens is 602 g/mol. The zero-order valence-corrected chi connectivity index (χ0v) is 24.7. The molecule has 13 nitrogen and oxygen atoms in total. The summed E-state index contributed by atoms with van der Waals surface area (Å²) >= 11 is 3.29. The Balaban J connectivity index is 1.74. The summed E-state index contributed by atoms with van der Waals surface area (Å²) in [4.78, 5) is 66.9. The third-order valence-electron chi connectivity index (χ3n) is 7.54. The third kappa shape index (κ3) is 6.16. The van der Waals surface area contributed by atoms with Crippen LogP contribution in [0, 0.1) is 11.3 Å². The predicted octanol–water partition coefficient (Wildman–Crippen LogP) is 1.77. The highest BCUT2D eigenvalue weighted by molar-refractivity contribution is 9.10. The number of hydrogen-bond donors (Lipinski definition) is 3. The summed E-state index contributed by atoms with van der Waals surface area (Å²) in [7, 11) is 0. The fourth-order valence-corrected chi connectivity index (χ4v) is 5.51. The van der Waals surface area contributed by atoms with Crippen LogP contribution >= 0.6 is 15.9 Å². The monoisotopic (exact) mass is 635 g/mol. The first-order chi connectivity index (χ1) is 19.3. The number of aromatic nitrogens is 2. The lowest BCUT2D eigenvalue weighted by Gasteiger charge is -2.35. The second-order valence-electron chi connectivity index (χ2n) is 11.4. The Kier molecular flexibility index (Phi) is 8.62. The van der Waals surface area contributed by atoms with E-state index in [1.165, 1.54) is 21.9 Å². The van der Waals surface area contributed by atoms with Gasteiger partial charge in [0.05, 0.1) is 18.8 Å². The van der Waals surface area contributed by atoms with E-state index in [-0.39, 0.29) is 42.8 Å². The molecule has 0 radical (unpaired) electrons. The first-order valence-electron chi connectivity index (χ1n) is 13.3. The van der Waals surface area contributed by atoms with E-state index < -0.39 is 64.4 Å². The number of carboxylic acids is 1. The van der Waals surface area contributed by atoms with Gasteiger partial charge in [-0.2, -0.15) is 5.10 Å². The molecule has 1 unspecified atom stereocenters. The van der Waals surface area contributed by atoms with Gasteiger partial charge in [-0.25, -0.2) is 14.3 Å². The molecule has 1 aromatic heterocycles. The summed E-state index contributed by atoms with van der Waals surface area (Å²) in [6, 6.07) is -2.97. The Bertz CT molecular complexity index is 1340. The van der Waals surface area contributed by atoms with Gasteiger partial charge >= 0.3 is 12.1 Å². The number of carboxylic acid groups (broad SMARTS) is 1.